The number of allylic oxidation sites excluding steroid dienone is 2. The van der Waals surface area contributed by atoms with Crippen LogP contribution in [-0.2, 0) is 9.59 Å². The van der Waals surface area contributed by atoms with Gasteiger partial charge >= 0.3 is 0 Å². The predicted molar refractivity (Wildman–Crippen MR) is 99.3 cm³/mol. The first-order valence-electron chi connectivity index (χ1n) is 6.86. The van der Waals surface area contributed by atoms with Crippen LogP contribution in [0.1, 0.15) is 0 Å². The van der Waals surface area contributed by atoms with Crippen LogP contribution >= 0.6 is 73.9 Å². The van der Waals surface area contributed by atoms with E-state index in [-0.39, 0.29) is 10.1 Å². The number of imide groups is 1. The van der Waals surface area contributed by atoms with Crippen molar-refractivity contribution in [2.45, 2.75) is 13.5 Å². The second-order valence-electron chi connectivity index (χ2n) is 5.93. The summed E-state index contributed by atoms with van der Waals surface area (Å²) in [4.78, 5) is 23.9. The lowest BCUT2D eigenvalue weighted by Gasteiger charge is -2.35. The van der Waals surface area contributed by atoms with Crippen molar-refractivity contribution >= 4 is 91.4 Å². The maximum Gasteiger partial charge on any atom is 0.240 e. The van der Waals surface area contributed by atoms with E-state index in [9.17, 15) is 9.59 Å². The Morgan fingerprint density at radius 3 is 1.71 bits per heavy atom. The quantitative estimate of drug-likeness (QED) is 0.419. The first kappa shape index (κ1) is 17.4. The van der Waals surface area contributed by atoms with Gasteiger partial charge in [0.2, 0.25) is 11.8 Å². The molecule has 9 heteroatoms. The van der Waals surface area contributed by atoms with Crippen molar-refractivity contribution in [2.75, 3.05) is 4.90 Å². The number of amides is 2. The Morgan fingerprint density at radius 2 is 1.29 bits per heavy atom. The second-order valence-corrected chi connectivity index (χ2v) is 10.1. The summed E-state index contributed by atoms with van der Waals surface area (Å²) < 4.78 is -1.56. The molecule has 5 atom stereocenters. The molecule has 0 radical (unpaired) electrons. The molecule has 1 unspecified atom stereocenters. The fourth-order valence-electron chi connectivity index (χ4n) is 3.83. The molecule has 0 aromatic heterocycles. The molecule has 24 heavy (non-hydrogen) atoms. The Hall–Kier alpha value is 0.0300. The van der Waals surface area contributed by atoms with Crippen LogP contribution in [0.15, 0.2) is 40.4 Å². The van der Waals surface area contributed by atoms with Crippen LogP contribution in [0.5, 0.6) is 0 Å². The Bertz CT molecular complexity index is 782. The molecule has 0 N–H and O–H groups in total. The fraction of sp³-hybridized carbons (Fsp3) is 0.333. The lowest BCUT2D eigenvalue weighted by molar-refractivity contribution is -0.123. The van der Waals surface area contributed by atoms with Crippen molar-refractivity contribution < 1.29 is 9.59 Å². The summed E-state index contributed by atoms with van der Waals surface area (Å²) in [5.41, 5.74) is 0.434. The summed E-state index contributed by atoms with van der Waals surface area (Å²) in [6, 6.07) is 8.53. The summed E-state index contributed by atoms with van der Waals surface area (Å²) in [5.74, 6) is -3.03. The number of para-hydroxylation sites is 1. The van der Waals surface area contributed by atoms with Crippen LogP contribution in [0.2, 0.25) is 0 Å². The van der Waals surface area contributed by atoms with Crippen LogP contribution in [0.3, 0.4) is 0 Å². The van der Waals surface area contributed by atoms with Gasteiger partial charge in [-0.25, -0.2) is 4.90 Å². The van der Waals surface area contributed by atoms with Crippen molar-refractivity contribution in [3.8, 4) is 0 Å². The Kier molecular flexibility index (Phi) is 3.67. The first-order chi connectivity index (χ1) is 11.1. The van der Waals surface area contributed by atoms with Gasteiger partial charge in [-0.1, -0.05) is 57.3 Å². The maximum absolute atomic E-state index is 13.0. The largest absolute Gasteiger partial charge is 0.274 e. The molecule has 2 bridgehead atoms. The van der Waals surface area contributed by atoms with Crippen molar-refractivity contribution in [2.24, 2.45) is 11.8 Å². The maximum atomic E-state index is 13.0. The van der Waals surface area contributed by atoms with Crippen LogP contribution in [-0.4, -0.2) is 25.3 Å². The van der Waals surface area contributed by atoms with Crippen LogP contribution in [0.25, 0.3) is 0 Å². The van der Waals surface area contributed by atoms with Gasteiger partial charge in [0.1, 0.15) is 13.5 Å². The minimum atomic E-state index is -1.62. The van der Waals surface area contributed by atoms with Crippen molar-refractivity contribution in [1.82, 2.24) is 0 Å². The highest BCUT2D eigenvalue weighted by molar-refractivity contribution is 9.10. The Labute approximate surface area is 170 Å². The number of anilines is 1. The zero-order valence-electron chi connectivity index (χ0n) is 11.6. The summed E-state index contributed by atoms with van der Waals surface area (Å²) in [7, 11) is 0. The molecule has 1 aromatic rings. The number of alkyl halides is 4. The van der Waals surface area contributed by atoms with Crippen LogP contribution in [0.4, 0.5) is 5.69 Å². The van der Waals surface area contributed by atoms with Gasteiger partial charge in [0.05, 0.1) is 27.6 Å². The van der Waals surface area contributed by atoms with E-state index < -0.39 is 37.2 Å². The number of benzene rings is 1. The molecule has 1 saturated carbocycles. The smallest absolute Gasteiger partial charge is 0.240 e. The van der Waals surface area contributed by atoms with Gasteiger partial charge in [0, 0.05) is 0 Å². The van der Waals surface area contributed by atoms with Crippen molar-refractivity contribution in [3.63, 3.8) is 0 Å². The lowest BCUT2D eigenvalue weighted by atomic mass is 9.84. The third-order valence-corrected chi connectivity index (χ3v) is 10.1. The highest BCUT2D eigenvalue weighted by atomic mass is 79.9. The monoisotopic (exact) mass is 487 g/mol. The van der Waals surface area contributed by atoms with Gasteiger partial charge in [0.15, 0.2) is 0 Å². The molecular formula is C15H7BrCl5NO2. The average molecular weight is 490 g/mol. The third-order valence-electron chi connectivity index (χ3n) is 4.92. The molecule has 1 saturated heterocycles. The minimum absolute atomic E-state index is 0.00924. The van der Waals surface area contributed by atoms with E-state index in [0.29, 0.717) is 5.69 Å². The molecule has 3 nitrogen and oxygen atoms in total. The van der Waals surface area contributed by atoms with Crippen LogP contribution in [0, 0.1) is 11.8 Å². The van der Waals surface area contributed by atoms with Crippen LogP contribution < -0.4 is 4.90 Å². The number of hydrogen-bond acceptors (Lipinski definition) is 2. The van der Waals surface area contributed by atoms with Gasteiger partial charge < -0.3 is 0 Å². The van der Waals surface area contributed by atoms with Gasteiger partial charge in [0.25, 0.3) is 0 Å². The van der Waals surface area contributed by atoms with E-state index >= 15 is 0 Å². The highest BCUT2D eigenvalue weighted by Gasteiger charge is 2.87. The zero-order chi connectivity index (χ0) is 17.7. The molecule has 1 heterocycles. The van der Waals surface area contributed by atoms with Gasteiger partial charge in [-0.15, -0.1) is 34.8 Å². The van der Waals surface area contributed by atoms with Crippen molar-refractivity contribution in [1.29, 1.82) is 0 Å². The van der Waals surface area contributed by atoms with E-state index in [4.69, 9.17) is 58.0 Å². The molecule has 0 spiro atoms. The summed E-state index contributed by atoms with van der Waals surface area (Å²) >= 11 is 35.8. The number of carbonyl (C=O) groups excluding carboxylic acids is 2. The Morgan fingerprint density at radius 1 is 0.875 bits per heavy atom. The molecule has 1 aromatic carbocycles. The molecule has 4 rings (SSSR count). The molecule has 2 amide bonds. The van der Waals surface area contributed by atoms with E-state index in [1.807, 2.05) is 0 Å². The normalized spacial score (nSPS) is 43.8. The number of fused-ring (bicyclic) bond motifs is 5. The van der Waals surface area contributed by atoms with Gasteiger partial charge in [-0.3, -0.25) is 9.59 Å². The van der Waals surface area contributed by atoms with Crippen molar-refractivity contribution in [3.05, 3.63) is 40.4 Å². The second kappa shape index (κ2) is 5.05. The van der Waals surface area contributed by atoms with Gasteiger partial charge in [-0.2, -0.15) is 0 Å². The molecule has 3 aliphatic rings. The SMILES string of the molecule is O=C1[C@@H]2[C@H](C(=O)N1c1ccccc1)[C@]1(Cl)C(Cl)=C(Cl)[C@@]2(Cl)C1(Cl)Br. The summed E-state index contributed by atoms with van der Waals surface area (Å²) in [6.07, 6.45) is 0. The molecule has 2 fully saturated rings. The average Bonchev–Trinajstić information content (AvgIpc) is 2.93. The highest BCUT2D eigenvalue weighted by Crippen LogP contribution is 2.78. The molecule has 2 aliphatic carbocycles. The molecular weight excluding hydrogens is 483 g/mol. The number of hydrogen-bond donors (Lipinski definition) is 0. The summed E-state index contributed by atoms with van der Waals surface area (Å²) in [6.45, 7) is 0. The summed E-state index contributed by atoms with van der Waals surface area (Å²) in [5, 5.41) is -0.0185. The van der Waals surface area contributed by atoms with E-state index in [2.05, 4.69) is 15.9 Å². The minimum Gasteiger partial charge on any atom is -0.274 e. The third kappa shape index (κ3) is 1.60. The number of halogens is 6. The zero-order valence-corrected chi connectivity index (χ0v) is 16.9. The lowest BCUT2D eigenvalue weighted by Crippen LogP contribution is -2.49. The molecule has 1 aliphatic heterocycles. The fourth-order valence-corrected chi connectivity index (χ4v) is 7.35. The van der Waals surface area contributed by atoms with E-state index in [1.54, 1.807) is 30.3 Å². The van der Waals surface area contributed by atoms with E-state index in [0.717, 1.165) is 4.90 Å². The number of carbonyl (C=O) groups is 2. The topological polar surface area (TPSA) is 37.4 Å². The van der Waals surface area contributed by atoms with E-state index in [1.165, 1.54) is 0 Å². The predicted octanol–water partition coefficient (Wildman–Crippen LogP) is 4.79. The number of nitrogens with zero attached hydrogens (tertiary/aromatic N) is 1. The Balaban J connectivity index is 1.93. The standard InChI is InChI=1S/C15H7BrCl5NO2/c16-15(21)13(19)7-8(14(15,20)10(18)9(13)17)12(24)22(11(7)23)6-4-2-1-3-5-6/h1-5,7-8H/t7-,8+,13+,14-,15?. The van der Waals surface area contributed by atoms with Gasteiger partial charge in [-0.05, 0) is 12.1 Å². The first-order valence-corrected chi connectivity index (χ1v) is 9.54. The molecule has 126 valence electrons. The number of rotatable bonds is 1.